The van der Waals surface area contributed by atoms with Crippen LogP contribution in [-0.2, 0) is 9.59 Å². The van der Waals surface area contributed by atoms with Crippen molar-refractivity contribution >= 4 is 39.4 Å². The lowest BCUT2D eigenvalue weighted by Gasteiger charge is -2.24. The second-order valence-corrected chi connectivity index (χ2v) is 13.1. The lowest BCUT2D eigenvalue weighted by atomic mass is 10.2. The number of nitrogens with two attached hydrogens (primary N) is 1. The maximum Gasteiger partial charge on any atom is 0.239 e. The number of hydrogen-bond donors (Lipinski definition) is 4. The fourth-order valence-corrected chi connectivity index (χ4v) is 5.43. The Morgan fingerprint density at radius 3 is 1.78 bits per heavy atom. The number of rotatable bonds is 23. The van der Waals surface area contributed by atoms with E-state index in [0.717, 1.165) is 50.7 Å². The van der Waals surface area contributed by atoms with Gasteiger partial charge in [-0.1, -0.05) is 101 Å². The molecule has 0 unspecified atom stereocenters. The highest BCUT2D eigenvalue weighted by molar-refractivity contribution is 8.77. The zero-order valence-electron chi connectivity index (χ0n) is 25.6. The van der Waals surface area contributed by atoms with Crippen LogP contribution in [0.3, 0.4) is 0 Å². The topological polar surface area (TPSA) is 111 Å². The standard InChI is InChI=1S/C32H53N5O2S2/c1-5-6-7-8-9-10-11-12-13-14-15-16-17-18-19-20-21-22-23-24-29(38)35-25-26-40-41-32(2,3)28-36-30(39)27-37(4)31(33)34/h6-7,9-10,12-13,15-16,18-19,21-22H,5,8,11,14,17,20,23-28H2,1-4H3,(H3,33,34)(H,35,38)(H,36,39)/b7-6-,10-9-,13-12-,16-15-,19-18-,22-21-. The quantitative estimate of drug-likeness (QED) is 0.0341. The molecule has 0 aromatic heterocycles. The number of nitrogens with zero attached hydrogens (tertiary/aromatic N) is 1. The van der Waals surface area contributed by atoms with Gasteiger partial charge in [0.15, 0.2) is 5.96 Å². The molecule has 0 saturated heterocycles. The fourth-order valence-electron chi connectivity index (χ4n) is 3.07. The minimum absolute atomic E-state index is 0.0633. The van der Waals surface area contributed by atoms with Crippen molar-refractivity contribution in [2.75, 3.05) is 32.4 Å². The third-order valence-corrected chi connectivity index (χ3v) is 8.72. The maximum atomic E-state index is 12.0. The molecule has 0 aliphatic rings. The smallest absolute Gasteiger partial charge is 0.239 e. The van der Waals surface area contributed by atoms with Gasteiger partial charge in [-0.3, -0.25) is 15.0 Å². The van der Waals surface area contributed by atoms with Crippen molar-refractivity contribution in [2.24, 2.45) is 5.73 Å². The van der Waals surface area contributed by atoms with Crippen molar-refractivity contribution in [3.8, 4) is 0 Å². The van der Waals surface area contributed by atoms with E-state index in [0.29, 0.717) is 19.5 Å². The first-order valence-electron chi connectivity index (χ1n) is 14.5. The van der Waals surface area contributed by atoms with E-state index in [9.17, 15) is 9.59 Å². The van der Waals surface area contributed by atoms with Crippen LogP contribution in [0.4, 0.5) is 0 Å². The molecule has 41 heavy (non-hydrogen) atoms. The van der Waals surface area contributed by atoms with Crippen molar-refractivity contribution in [3.63, 3.8) is 0 Å². The SMILES string of the molecule is CC/C=C\C/C=C\C/C=C\C/C=C\C/C=C\C/C=C\CCC(=O)NCCSSC(C)(C)CNC(=O)CN(C)C(=N)N. The van der Waals surface area contributed by atoms with E-state index < -0.39 is 0 Å². The van der Waals surface area contributed by atoms with Crippen LogP contribution in [0.25, 0.3) is 0 Å². The van der Waals surface area contributed by atoms with Gasteiger partial charge in [-0.25, -0.2) is 0 Å². The van der Waals surface area contributed by atoms with Crippen molar-refractivity contribution in [1.29, 1.82) is 5.41 Å². The zero-order chi connectivity index (χ0) is 30.6. The molecule has 0 radical (unpaired) electrons. The minimum atomic E-state index is -0.166. The number of likely N-dealkylation sites (N-methyl/N-ethyl adjacent to an activating group) is 1. The van der Waals surface area contributed by atoms with Gasteiger partial charge in [0.1, 0.15) is 0 Å². The number of amides is 2. The summed E-state index contributed by atoms with van der Waals surface area (Å²) in [7, 11) is 4.96. The Morgan fingerprint density at radius 2 is 1.29 bits per heavy atom. The highest BCUT2D eigenvalue weighted by Crippen LogP contribution is 2.34. The van der Waals surface area contributed by atoms with Gasteiger partial charge in [0.2, 0.25) is 11.8 Å². The molecule has 0 saturated carbocycles. The molecule has 5 N–H and O–H groups in total. The third kappa shape index (κ3) is 27.3. The first kappa shape index (κ1) is 38.4. The Balaban J connectivity index is 3.76. The van der Waals surface area contributed by atoms with Gasteiger partial charge in [-0.15, -0.1) is 0 Å². The van der Waals surface area contributed by atoms with Crippen molar-refractivity contribution < 1.29 is 9.59 Å². The molecule has 230 valence electrons. The Kier molecular flexibility index (Phi) is 24.6. The second-order valence-electron chi connectivity index (χ2n) is 9.99. The van der Waals surface area contributed by atoms with Gasteiger partial charge in [-0.05, 0) is 58.8 Å². The molecule has 0 aromatic carbocycles. The summed E-state index contributed by atoms with van der Waals surface area (Å²) in [5.74, 6) is 0.557. The van der Waals surface area contributed by atoms with Gasteiger partial charge in [0.05, 0.1) is 6.54 Å². The zero-order valence-corrected chi connectivity index (χ0v) is 27.2. The molecule has 0 heterocycles. The van der Waals surface area contributed by atoms with E-state index >= 15 is 0 Å². The number of carbonyl (C=O) groups excluding carboxylic acids is 2. The number of allylic oxidation sites excluding steroid dienone is 12. The molecule has 0 spiro atoms. The van der Waals surface area contributed by atoms with Crippen LogP contribution in [0.5, 0.6) is 0 Å². The van der Waals surface area contributed by atoms with Crippen LogP contribution in [0, 0.1) is 5.41 Å². The third-order valence-electron chi connectivity index (χ3n) is 5.43. The summed E-state index contributed by atoms with van der Waals surface area (Å²) in [4.78, 5) is 25.4. The lowest BCUT2D eigenvalue weighted by Crippen LogP contribution is -2.44. The first-order chi connectivity index (χ1) is 19.7. The predicted octanol–water partition coefficient (Wildman–Crippen LogP) is 6.68. The minimum Gasteiger partial charge on any atom is -0.370 e. The van der Waals surface area contributed by atoms with E-state index in [4.69, 9.17) is 11.1 Å². The Bertz CT molecular complexity index is 908. The van der Waals surface area contributed by atoms with Crippen molar-refractivity contribution in [3.05, 3.63) is 72.9 Å². The summed E-state index contributed by atoms with van der Waals surface area (Å²) in [5, 5.41) is 13.2. The largest absolute Gasteiger partial charge is 0.370 e. The maximum absolute atomic E-state index is 12.0. The van der Waals surface area contributed by atoms with E-state index in [1.54, 1.807) is 28.6 Å². The summed E-state index contributed by atoms with van der Waals surface area (Å²) in [6.07, 6.45) is 33.2. The number of guanidine groups is 1. The van der Waals surface area contributed by atoms with Crippen molar-refractivity contribution in [2.45, 2.75) is 76.9 Å². The highest BCUT2D eigenvalue weighted by atomic mass is 33.1. The molecule has 0 atom stereocenters. The lowest BCUT2D eigenvalue weighted by molar-refractivity contribution is -0.122. The molecular formula is C32H53N5O2S2. The summed E-state index contributed by atoms with van der Waals surface area (Å²) in [5.41, 5.74) is 5.36. The normalized spacial score (nSPS) is 12.6. The van der Waals surface area contributed by atoms with Crippen LogP contribution in [-0.4, -0.2) is 59.9 Å². The highest BCUT2D eigenvalue weighted by Gasteiger charge is 2.20. The number of nitrogens with one attached hydrogen (secondary N) is 3. The summed E-state index contributed by atoms with van der Waals surface area (Å²) < 4.78 is -0.158. The molecule has 0 fully saturated rings. The van der Waals surface area contributed by atoms with E-state index in [2.05, 4.69) is 104 Å². The summed E-state index contributed by atoms with van der Waals surface area (Å²) >= 11 is 0. The molecule has 0 aliphatic carbocycles. The molecule has 0 rings (SSSR count). The van der Waals surface area contributed by atoms with E-state index in [1.807, 2.05) is 0 Å². The Labute approximate surface area is 257 Å². The van der Waals surface area contributed by atoms with Crippen LogP contribution in [0.15, 0.2) is 72.9 Å². The molecule has 2 amide bonds. The van der Waals surface area contributed by atoms with Gasteiger partial charge >= 0.3 is 0 Å². The summed E-state index contributed by atoms with van der Waals surface area (Å²) in [6.45, 7) is 7.46. The average Bonchev–Trinajstić information content (AvgIpc) is 2.93. The fraction of sp³-hybridized carbons (Fsp3) is 0.531. The summed E-state index contributed by atoms with van der Waals surface area (Å²) in [6, 6.07) is 0. The molecule has 9 heteroatoms. The number of carbonyl (C=O) groups is 2. The average molecular weight is 604 g/mol. The second kappa shape index (κ2) is 26.3. The van der Waals surface area contributed by atoms with Crippen LogP contribution in [0.2, 0.25) is 0 Å². The Morgan fingerprint density at radius 1 is 0.805 bits per heavy atom. The molecule has 7 nitrogen and oxygen atoms in total. The predicted molar refractivity (Wildman–Crippen MR) is 182 cm³/mol. The molecule has 0 aliphatic heterocycles. The van der Waals surface area contributed by atoms with Crippen molar-refractivity contribution in [1.82, 2.24) is 15.5 Å². The molecule has 0 aromatic rings. The number of hydrogen-bond acceptors (Lipinski definition) is 5. The van der Waals surface area contributed by atoms with Crippen LogP contribution in [0.1, 0.15) is 72.1 Å². The van der Waals surface area contributed by atoms with Crippen LogP contribution < -0.4 is 16.4 Å². The van der Waals surface area contributed by atoms with Gasteiger partial charge in [-0.2, -0.15) is 0 Å². The van der Waals surface area contributed by atoms with Crippen LogP contribution >= 0.6 is 21.6 Å². The molecule has 0 bridgehead atoms. The monoisotopic (exact) mass is 603 g/mol. The van der Waals surface area contributed by atoms with Gasteiger partial charge in [0, 0.05) is 37.1 Å². The first-order valence-corrected chi connectivity index (χ1v) is 16.8. The van der Waals surface area contributed by atoms with Gasteiger partial charge < -0.3 is 21.3 Å². The van der Waals surface area contributed by atoms with E-state index in [1.165, 1.54) is 4.90 Å². The van der Waals surface area contributed by atoms with Gasteiger partial charge in [0.25, 0.3) is 0 Å². The Hall–Kier alpha value is -2.65. The van der Waals surface area contributed by atoms with E-state index in [-0.39, 0.29) is 29.1 Å². The molecular weight excluding hydrogens is 551 g/mol.